The minimum absolute atomic E-state index is 0.0703. The summed E-state index contributed by atoms with van der Waals surface area (Å²) in [6.07, 6.45) is 4.38. The lowest BCUT2D eigenvalue weighted by atomic mass is 10.2. The maximum atomic E-state index is 12.7. The minimum atomic E-state index is -3.86. The molecule has 1 amide bonds. The van der Waals surface area contributed by atoms with Crippen molar-refractivity contribution in [1.82, 2.24) is 14.6 Å². The van der Waals surface area contributed by atoms with Crippen LogP contribution in [-0.4, -0.2) is 44.7 Å². The van der Waals surface area contributed by atoms with Crippen LogP contribution in [0.2, 0.25) is 5.02 Å². The number of benzene rings is 2. The molecule has 2 N–H and O–H groups in total. The zero-order chi connectivity index (χ0) is 22.6. The first-order chi connectivity index (χ1) is 15.4. The zero-order valence-electron chi connectivity index (χ0n) is 17.6. The Labute approximate surface area is 192 Å². The van der Waals surface area contributed by atoms with Gasteiger partial charge in [-0.15, -0.1) is 0 Å². The molecule has 4 rings (SSSR count). The van der Waals surface area contributed by atoms with Gasteiger partial charge in [-0.25, -0.2) is 13.1 Å². The van der Waals surface area contributed by atoms with Crippen molar-refractivity contribution in [3.8, 4) is 0 Å². The number of para-hydroxylation sites is 1. The van der Waals surface area contributed by atoms with E-state index < -0.39 is 10.0 Å². The van der Waals surface area contributed by atoms with Crippen LogP contribution < -0.4 is 10.0 Å². The minimum Gasteiger partial charge on any atom is -0.377 e. The normalized spacial score (nSPS) is 16.5. The molecule has 3 aromatic rings. The summed E-state index contributed by atoms with van der Waals surface area (Å²) in [5.41, 5.74) is 1.40. The van der Waals surface area contributed by atoms with Gasteiger partial charge in [0, 0.05) is 43.5 Å². The molecule has 0 aliphatic carbocycles. The maximum Gasteiger partial charge on any atom is 0.251 e. The third-order valence-electron chi connectivity index (χ3n) is 5.55. The maximum absolute atomic E-state index is 12.7. The van der Waals surface area contributed by atoms with Gasteiger partial charge < -0.3 is 14.6 Å². The first-order valence-electron chi connectivity index (χ1n) is 10.7. The smallest absolute Gasteiger partial charge is 0.251 e. The molecule has 1 aliphatic heterocycles. The summed E-state index contributed by atoms with van der Waals surface area (Å²) in [7, 11) is -3.86. The summed E-state index contributed by atoms with van der Waals surface area (Å²) in [5.74, 6) is -0.338. The number of fused-ring (bicyclic) bond motifs is 1. The lowest BCUT2D eigenvalue weighted by Gasteiger charge is -2.13. The molecule has 7 nitrogen and oxygen atoms in total. The van der Waals surface area contributed by atoms with E-state index in [0.717, 1.165) is 31.3 Å². The number of nitrogens with zero attached hydrogens (tertiary/aromatic N) is 1. The number of aryl methyl sites for hydroxylation is 1. The van der Waals surface area contributed by atoms with Crippen LogP contribution in [0.1, 0.15) is 29.6 Å². The number of sulfonamides is 1. The van der Waals surface area contributed by atoms with Crippen LogP contribution in [0.5, 0.6) is 0 Å². The molecule has 2 heterocycles. The fraction of sp³-hybridized carbons (Fsp3) is 0.348. The topological polar surface area (TPSA) is 89.4 Å². The van der Waals surface area contributed by atoms with Crippen molar-refractivity contribution >= 4 is 38.4 Å². The van der Waals surface area contributed by atoms with Crippen molar-refractivity contribution < 1.29 is 17.9 Å². The summed E-state index contributed by atoms with van der Waals surface area (Å²) in [4.78, 5) is 12.5. The number of rotatable bonds is 9. The lowest BCUT2D eigenvalue weighted by Crippen LogP contribution is -2.32. The van der Waals surface area contributed by atoms with Crippen LogP contribution in [0.15, 0.2) is 59.6 Å². The largest absolute Gasteiger partial charge is 0.377 e. The molecule has 0 radical (unpaired) electrons. The van der Waals surface area contributed by atoms with Crippen LogP contribution in [0.3, 0.4) is 0 Å². The number of nitrogens with one attached hydrogen (secondary N) is 2. The number of halogens is 1. The Hall–Kier alpha value is -2.39. The average Bonchev–Trinajstić information content (AvgIpc) is 3.45. The van der Waals surface area contributed by atoms with E-state index in [0.29, 0.717) is 13.2 Å². The molecule has 1 atom stereocenters. The Bertz CT molecular complexity index is 1200. The van der Waals surface area contributed by atoms with Gasteiger partial charge in [-0.3, -0.25) is 4.79 Å². The molecule has 0 bridgehead atoms. The van der Waals surface area contributed by atoms with Crippen molar-refractivity contribution in [2.75, 3.05) is 19.7 Å². The van der Waals surface area contributed by atoms with E-state index >= 15 is 0 Å². The molecule has 32 heavy (non-hydrogen) atoms. The van der Waals surface area contributed by atoms with Gasteiger partial charge in [-0.2, -0.15) is 0 Å². The molecular weight excluding hydrogens is 450 g/mol. The Morgan fingerprint density at radius 1 is 1.19 bits per heavy atom. The molecule has 2 aromatic carbocycles. The third kappa shape index (κ3) is 5.32. The number of amides is 1. The summed E-state index contributed by atoms with van der Waals surface area (Å²) in [6, 6.07) is 14.5. The quantitative estimate of drug-likeness (QED) is 0.463. The van der Waals surface area contributed by atoms with Crippen LogP contribution in [0.4, 0.5) is 0 Å². The van der Waals surface area contributed by atoms with Crippen molar-refractivity contribution in [3.63, 3.8) is 0 Å². The molecule has 0 spiro atoms. The van der Waals surface area contributed by atoms with E-state index in [9.17, 15) is 13.2 Å². The van der Waals surface area contributed by atoms with Gasteiger partial charge in [0.25, 0.3) is 5.91 Å². The molecule has 170 valence electrons. The second-order valence-corrected chi connectivity index (χ2v) is 9.95. The summed E-state index contributed by atoms with van der Waals surface area (Å²) in [6.45, 7) is 2.06. The lowest BCUT2D eigenvalue weighted by molar-refractivity contribution is 0.0952. The number of carbonyl (C=O) groups excluding carboxylic acids is 1. The molecule has 1 unspecified atom stereocenters. The zero-order valence-corrected chi connectivity index (χ0v) is 19.2. The summed E-state index contributed by atoms with van der Waals surface area (Å²) < 4.78 is 35.5. The van der Waals surface area contributed by atoms with Crippen LogP contribution in [0.25, 0.3) is 10.9 Å². The summed E-state index contributed by atoms with van der Waals surface area (Å²) >= 11 is 6.13. The van der Waals surface area contributed by atoms with Gasteiger partial charge in [-0.05, 0) is 55.0 Å². The third-order valence-corrected chi connectivity index (χ3v) is 7.45. The highest BCUT2D eigenvalue weighted by atomic mass is 35.5. The Kier molecular flexibility index (Phi) is 7.15. The second-order valence-electron chi connectivity index (χ2n) is 7.81. The molecule has 1 saturated heterocycles. The first kappa shape index (κ1) is 22.8. The van der Waals surface area contributed by atoms with E-state index in [4.69, 9.17) is 16.3 Å². The Balaban J connectivity index is 1.34. The first-order valence-corrected chi connectivity index (χ1v) is 12.5. The van der Waals surface area contributed by atoms with Gasteiger partial charge in [0.2, 0.25) is 10.0 Å². The average molecular weight is 476 g/mol. The van der Waals surface area contributed by atoms with E-state index in [1.54, 1.807) is 0 Å². The van der Waals surface area contributed by atoms with Crippen molar-refractivity contribution in [3.05, 3.63) is 65.3 Å². The second kappa shape index (κ2) is 10.0. The Morgan fingerprint density at radius 2 is 2.03 bits per heavy atom. The standard InChI is InChI=1S/C23H26ClN3O4S/c24-20-9-8-18(15-22(20)32(29,30)26-16-19-6-3-14-31-19)23(28)25-11-4-12-27-13-10-17-5-1-2-7-21(17)27/h1-2,5,7-10,13,15,19,26H,3-4,6,11-12,14,16H2,(H,25,28). The fourth-order valence-electron chi connectivity index (χ4n) is 3.83. The number of hydrogen-bond donors (Lipinski definition) is 2. The number of carbonyl (C=O) groups is 1. The van der Waals surface area contributed by atoms with Crippen molar-refractivity contribution in [1.29, 1.82) is 0 Å². The van der Waals surface area contributed by atoms with Crippen LogP contribution in [0, 0.1) is 0 Å². The molecule has 0 saturated carbocycles. The SMILES string of the molecule is O=C(NCCCn1ccc2ccccc21)c1ccc(Cl)c(S(=O)(=O)NCC2CCCO2)c1. The van der Waals surface area contributed by atoms with Gasteiger partial charge in [0.1, 0.15) is 4.90 Å². The fourth-order valence-corrected chi connectivity index (χ4v) is 5.42. The molecular formula is C23H26ClN3O4S. The summed E-state index contributed by atoms with van der Waals surface area (Å²) in [5, 5.41) is 4.10. The highest BCUT2D eigenvalue weighted by Crippen LogP contribution is 2.23. The van der Waals surface area contributed by atoms with E-state index in [2.05, 4.69) is 32.8 Å². The molecule has 1 fully saturated rings. The predicted molar refractivity (Wildman–Crippen MR) is 125 cm³/mol. The van der Waals surface area contributed by atoms with Crippen LogP contribution >= 0.6 is 11.6 Å². The predicted octanol–water partition coefficient (Wildman–Crippen LogP) is 3.57. The highest BCUT2D eigenvalue weighted by Gasteiger charge is 2.23. The highest BCUT2D eigenvalue weighted by molar-refractivity contribution is 7.89. The van der Waals surface area contributed by atoms with Gasteiger partial charge in [0.15, 0.2) is 0 Å². The molecule has 1 aliphatic rings. The van der Waals surface area contributed by atoms with E-state index in [1.807, 2.05) is 18.3 Å². The van der Waals surface area contributed by atoms with Gasteiger partial charge >= 0.3 is 0 Å². The molecule has 1 aromatic heterocycles. The van der Waals surface area contributed by atoms with Crippen molar-refractivity contribution in [2.24, 2.45) is 0 Å². The van der Waals surface area contributed by atoms with E-state index in [1.165, 1.54) is 23.6 Å². The van der Waals surface area contributed by atoms with E-state index in [-0.39, 0.29) is 34.0 Å². The Morgan fingerprint density at radius 3 is 2.84 bits per heavy atom. The van der Waals surface area contributed by atoms with Gasteiger partial charge in [-0.1, -0.05) is 29.8 Å². The van der Waals surface area contributed by atoms with Crippen LogP contribution in [-0.2, 0) is 21.3 Å². The van der Waals surface area contributed by atoms with Gasteiger partial charge in [0.05, 0.1) is 11.1 Å². The monoisotopic (exact) mass is 475 g/mol. The number of hydrogen-bond acceptors (Lipinski definition) is 4. The molecule has 9 heteroatoms. The number of aromatic nitrogens is 1. The van der Waals surface area contributed by atoms with Crippen molar-refractivity contribution in [2.45, 2.75) is 36.8 Å². The number of ether oxygens (including phenoxy) is 1.